The molecule has 2 aromatic heterocycles. The molecule has 2 heterocycles. The van der Waals surface area contributed by atoms with Crippen LogP contribution in [0.25, 0.3) is 11.5 Å². The van der Waals surface area contributed by atoms with Crippen molar-refractivity contribution >= 4 is 5.91 Å². The SMILES string of the molecule is Cc1ccc(-c2nc(C(N)=O)co2)cn1. The van der Waals surface area contributed by atoms with E-state index in [1.54, 1.807) is 6.20 Å². The molecule has 2 aromatic rings. The van der Waals surface area contributed by atoms with Crippen LogP contribution in [0, 0.1) is 6.92 Å². The maximum Gasteiger partial charge on any atom is 0.270 e. The Morgan fingerprint density at radius 3 is 2.80 bits per heavy atom. The Balaban J connectivity index is 2.37. The third-order valence-corrected chi connectivity index (χ3v) is 1.91. The van der Waals surface area contributed by atoms with Crippen LogP contribution in [0.1, 0.15) is 16.2 Å². The topological polar surface area (TPSA) is 82.0 Å². The van der Waals surface area contributed by atoms with Gasteiger partial charge in [-0.25, -0.2) is 4.98 Å². The smallest absolute Gasteiger partial charge is 0.270 e. The largest absolute Gasteiger partial charge is 0.444 e. The van der Waals surface area contributed by atoms with E-state index < -0.39 is 5.91 Å². The van der Waals surface area contributed by atoms with E-state index in [9.17, 15) is 4.79 Å². The lowest BCUT2D eigenvalue weighted by Crippen LogP contribution is -2.10. The quantitative estimate of drug-likeness (QED) is 0.793. The number of primary amides is 1. The lowest BCUT2D eigenvalue weighted by molar-refractivity contribution is 0.0995. The van der Waals surface area contributed by atoms with Gasteiger partial charge in [-0.1, -0.05) is 0 Å². The van der Waals surface area contributed by atoms with Crippen molar-refractivity contribution in [3.63, 3.8) is 0 Å². The lowest BCUT2D eigenvalue weighted by Gasteiger charge is -1.94. The average molecular weight is 203 g/mol. The number of nitrogens with two attached hydrogens (primary N) is 1. The zero-order valence-electron chi connectivity index (χ0n) is 8.10. The Kier molecular flexibility index (Phi) is 2.21. The Bertz CT molecular complexity index is 488. The number of aryl methyl sites for hydroxylation is 1. The molecule has 0 radical (unpaired) electrons. The summed E-state index contributed by atoms with van der Waals surface area (Å²) in [5.41, 5.74) is 6.79. The summed E-state index contributed by atoms with van der Waals surface area (Å²) in [5, 5.41) is 0. The average Bonchev–Trinajstić information content (AvgIpc) is 2.68. The van der Waals surface area contributed by atoms with E-state index in [4.69, 9.17) is 10.2 Å². The maximum atomic E-state index is 10.8. The summed E-state index contributed by atoms with van der Waals surface area (Å²) < 4.78 is 5.10. The first-order chi connectivity index (χ1) is 7.16. The summed E-state index contributed by atoms with van der Waals surface area (Å²) in [6.07, 6.45) is 2.86. The molecule has 0 unspecified atom stereocenters. The van der Waals surface area contributed by atoms with Crippen molar-refractivity contribution in [2.24, 2.45) is 5.73 Å². The van der Waals surface area contributed by atoms with Crippen LogP contribution in [-0.2, 0) is 0 Å². The summed E-state index contributed by atoms with van der Waals surface area (Å²) in [6, 6.07) is 3.66. The molecule has 15 heavy (non-hydrogen) atoms. The van der Waals surface area contributed by atoms with Crippen LogP contribution in [0.2, 0.25) is 0 Å². The van der Waals surface area contributed by atoms with Crippen molar-refractivity contribution < 1.29 is 9.21 Å². The highest BCUT2D eigenvalue weighted by atomic mass is 16.3. The number of aromatic nitrogens is 2. The van der Waals surface area contributed by atoms with Gasteiger partial charge in [0.05, 0.1) is 5.56 Å². The van der Waals surface area contributed by atoms with E-state index in [1.165, 1.54) is 6.26 Å². The van der Waals surface area contributed by atoms with Crippen LogP contribution in [0.3, 0.4) is 0 Å². The first kappa shape index (κ1) is 9.39. The van der Waals surface area contributed by atoms with Crippen molar-refractivity contribution in [2.45, 2.75) is 6.92 Å². The lowest BCUT2D eigenvalue weighted by atomic mass is 10.2. The normalized spacial score (nSPS) is 10.2. The number of carbonyl (C=O) groups is 1. The molecule has 0 aliphatic rings. The van der Waals surface area contributed by atoms with Crippen LogP contribution in [0.5, 0.6) is 0 Å². The van der Waals surface area contributed by atoms with Crippen molar-refractivity contribution in [1.82, 2.24) is 9.97 Å². The molecule has 5 heteroatoms. The predicted octanol–water partition coefficient (Wildman–Crippen LogP) is 1.14. The molecule has 0 bridgehead atoms. The minimum Gasteiger partial charge on any atom is -0.444 e. The third-order valence-electron chi connectivity index (χ3n) is 1.91. The molecule has 76 valence electrons. The second-order valence-electron chi connectivity index (χ2n) is 3.09. The molecule has 0 atom stereocenters. The van der Waals surface area contributed by atoms with Crippen LogP contribution in [0.15, 0.2) is 29.0 Å². The zero-order valence-corrected chi connectivity index (χ0v) is 8.10. The van der Waals surface area contributed by atoms with Gasteiger partial charge in [-0.2, -0.15) is 0 Å². The first-order valence-corrected chi connectivity index (χ1v) is 4.35. The van der Waals surface area contributed by atoms with Gasteiger partial charge < -0.3 is 10.2 Å². The molecule has 0 spiro atoms. The number of nitrogens with zero attached hydrogens (tertiary/aromatic N) is 2. The van der Waals surface area contributed by atoms with Crippen LogP contribution in [0.4, 0.5) is 0 Å². The van der Waals surface area contributed by atoms with Gasteiger partial charge in [0, 0.05) is 11.9 Å². The summed E-state index contributed by atoms with van der Waals surface area (Å²) >= 11 is 0. The van der Waals surface area contributed by atoms with Gasteiger partial charge in [0.25, 0.3) is 5.91 Å². The number of rotatable bonds is 2. The molecule has 0 aromatic carbocycles. The number of hydrogen-bond donors (Lipinski definition) is 1. The number of oxazole rings is 1. The number of carbonyl (C=O) groups excluding carboxylic acids is 1. The number of amides is 1. The highest BCUT2D eigenvalue weighted by Crippen LogP contribution is 2.17. The van der Waals surface area contributed by atoms with E-state index in [1.807, 2.05) is 19.1 Å². The molecule has 0 saturated heterocycles. The summed E-state index contributed by atoms with van der Waals surface area (Å²) in [6.45, 7) is 1.88. The van der Waals surface area contributed by atoms with Gasteiger partial charge >= 0.3 is 0 Å². The highest BCUT2D eigenvalue weighted by Gasteiger charge is 2.10. The fourth-order valence-electron chi connectivity index (χ4n) is 1.11. The molecule has 1 amide bonds. The van der Waals surface area contributed by atoms with E-state index in [2.05, 4.69) is 9.97 Å². The van der Waals surface area contributed by atoms with Gasteiger partial charge in [0.15, 0.2) is 5.69 Å². The van der Waals surface area contributed by atoms with Gasteiger partial charge in [-0.15, -0.1) is 0 Å². The fraction of sp³-hybridized carbons (Fsp3) is 0.100. The molecule has 0 fully saturated rings. The predicted molar refractivity (Wildman–Crippen MR) is 53.0 cm³/mol. The van der Waals surface area contributed by atoms with Crippen LogP contribution < -0.4 is 5.73 Å². The Hall–Kier alpha value is -2.17. The van der Waals surface area contributed by atoms with E-state index in [-0.39, 0.29) is 5.69 Å². The standard InChI is InChI=1S/C10H9N3O2/c1-6-2-3-7(4-12-6)10-13-8(5-15-10)9(11)14/h2-5H,1H3,(H2,11,14). The number of hydrogen-bond acceptors (Lipinski definition) is 4. The molecule has 0 aliphatic heterocycles. The first-order valence-electron chi connectivity index (χ1n) is 4.35. The fourth-order valence-corrected chi connectivity index (χ4v) is 1.11. The molecule has 2 rings (SSSR count). The Labute approximate surface area is 86.0 Å². The second kappa shape index (κ2) is 3.53. The summed E-state index contributed by atoms with van der Waals surface area (Å²) in [4.78, 5) is 18.8. The molecule has 2 N–H and O–H groups in total. The Morgan fingerprint density at radius 2 is 2.27 bits per heavy atom. The van der Waals surface area contributed by atoms with E-state index in [0.29, 0.717) is 11.5 Å². The molecular formula is C10H9N3O2. The van der Waals surface area contributed by atoms with E-state index >= 15 is 0 Å². The molecule has 0 saturated carbocycles. The van der Waals surface area contributed by atoms with Crippen molar-refractivity contribution in [3.05, 3.63) is 36.0 Å². The van der Waals surface area contributed by atoms with E-state index in [0.717, 1.165) is 5.69 Å². The van der Waals surface area contributed by atoms with Gasteiger partial charge in [-0.05, 0) is 19.1 Å². The molecular weight excluding hydrogens is 194 g/mol. The highest BCUT2D eigenvalue weighted by molar-refractivity contribution is 5.90. The third kappa shape index (κ3) is 1.85. The summed E-state index contributed by atoms with van der Waals surface area (Å²) in [5.74, 6) is -0.263. The van der Waals surface area contributed by atoms with Crippen LogP contribution in [-0.4, -0.2) is 15.9 Å². The van der Waals surface area contributed by atoms with Crippen molar-refractivity contribution in [1.29, 1.82) is 0 Å². The Morgan fingerprint density at radius 1 is 1.47 bits per heavy atom. The minimum absolute atomic E-state index is 0.116. The van der Waals surface area contributed by atoms with Gasteiger partial charge in [0.2, 0.25) is 5.89 Å². The van der Waals surface area contributed by atoms with Crippen molar-refractivity contribution in [3.8, 4) is 11.5 Å². The molecule has 5 nitrogen and oxygen atoms in total. The van der Waals surface area contributed by atoms with Crippen molar-refractivity contribution in [2.75, 3.05) is 0 Å². The van der Waals surface area contributed by atoms with Gasteiger partial charge in [0.1, 0.15) is 6.26 Å². The maximum absolute atomic E-state index is 10.8. The number of pyridine rings is 1. The zero-order chi connectivity index (χ0) is 10.8. The minimum atomic E-state index is -0.606. The van der Waals surface area contributed by atoms with Crippen LogP contribution >= 0.6 is 0 Å². The van der Waals surface area contributed by atoms with Gasteiger partial charge in [-0.3, -0.25) is 9.78 Å². The summed E-state index contributed by atoms with van der Waals surface area (Å²) in [7, 11) is 0. The molecule has 0 aliphatic carbocycles. The monoisotopic (exact) mass is 203 g/mol. The second-order valence-corrected chi connectivity index (χ2v) is 3.09.